The predicted molar refractivity (Wildman–Crippen MR) is 47.9 cm³/mol. The second-order valence-corrected chi connectivity index (χ2v) is 3.07. The highest BCUT2D eigenvalue weighted by Gasteiger charge is 2.11. The Morgan fingerprint density at radius 1 is 1.58 bits per heavy atom. The number of aliphatic hydroxyl groups excluding tert-OH is 1. The molecule has 1 unspecified atom stereocenters. The van der Waals surface area contributed by atoms with Gasteiger partial charge in [0.05, 0.1) is 4.47 Å². The van der Waals surface area contributed by atoms with Gasteiger partial charge in [-0.25, -0.2) is 4.39 Å². The molecule has 0 fully saturated rings. The van der Waals surface area contributed by atoms with Crippen molar-refractivity contribution in [1.29, 1.82) is 0 Å². The second kappa shape index (κ2) is 3.70. The van der Waals surface area contributed by atoms with Crippen molar-refractivity contribution in [2.24, 2.45) is 0 Å². The maximum absolute atomic E-state index is 13.1. The Morgan fingerprint density at radius 2 is 2.25 bits per heavy atom. The van der Waals surface area contributed by atoms with E-state index in [1.165, 1.54) is 6.07 Å². The molecule has 0 heterocycles. The Kier molecular flexibility index (Phi) is 2.85. The van der Waals surface area contributed by atoms with Gasteiger partial charge in [-0.15, -0.1) is 6.42 Å². The fraction of sp³-hybridized carbons (Fsp3) is 0.111. The lowest BCUT2D eigenvalue weighted by molar-refractivity contribution is 0.233. The minimum Gasteiger partial charge on any atom is -0.376 e. The van der Waals surface area contributed by atoms with Crippen LogP contribution in [0.2, 0.25) is 0 Å². The SMILES string of the molecule is C#CC(O)c1cccc(Br)c1F. The fourth-order valence-electron chi connectivity index (χ4n) is 0.821. The van der Waals surface area contributed by atoms with Crippen molar-refractivity contribution in [1.82, 2.24) is 0 Å². The van der Waals surface area contributed by atoms with Crippen molar-refractivity contribution in [2.75, 3.05) is 0 Å². The van der Waals surface area contributed by atoms with E-state index in [9.17, 15) is 4.39 Å². The van der Waals surface area contributed by atoms with Gasteiger partial charge in [-0.05, 0) is 22.0 Å². The van der Waals surface area contributed by atoms with Crippen LogP contribution in [0.3, 0.4) is 0 Å². The fourth-order valence-corrected chi connectivity index (χ4v) is 1.20. The molecule has 0 aliphatic carbocycles. The van der Waals surface area contributed by atoms with Gasteiger partial charge in [0.15, 0.2) is 0 Å². The van der Waals surface area contributed by atoms with E-state index >= 15 is 0 Å². The average Bonchev–Trinajstić information content (AvgIpc) is 2.08. The summed E-state index contributed by atoms with van der Waals surface area (Å²) in [5.41, 5.74) is 0.117. The average molecular weight is 229 g/mol. The van der Waals surface area contributed by atoms with Crippen molar-refractivity contribution < 1.29 is 9.50 Å². The molecule has 12 heavy (non-hydrogen) atoms. The zero-order valence-electron chi connectivity index (χ0n) is 6.09. The molecule has 0 spiro atoms. The predicted octanol–water partition coefficient (Wildman–Crippen LogP) is 2.25. The molecule has 1 N–H and O–H groups in total. The van der Waals surface area contributed by atoms with Gasteiger partial charge in [-0.3, -0.25) is 0 Å². The first-order valence-corrected chi connectivity index (χ1v) is 4.04. The van der Waals surface area contributed by atoms with Crippen LogP contribution in [-0.2, 0) is 0 Å². The van der Waals surface area contributed by atoms with Gasteiger partial charge in [0.1, 0.15) is 11.9 Å². The standard InChI is InChI=1S/C9H6BrFO/c1-2-8(12)6-4-3-5-7(10)9(6)11/h1,3-5,8,12H. The van der Waals surface area contributed by atoms with E-state index in [-0.39, 0.29) is 5.56 Å². The van der Waals surface area contributed by atoms with Crippen molar-refractivity contribution in [3.8, 4) is 12.3 Å². The molecular weight excluding hydrogens is 223 g/mol. The summed E-state index contributed by atoms with van der Waals surface area (Å²) < 4.78 is 13.4. The van der Waals surface area contributed by atoms with Gasteiger partial charge in [-0.2, -0.15) is 0 Å². The Balaban J connectivity index is 3.18. The Bertz CT molecular complexity index is 330. The topological polar surface area (TPSA) is 20.2 Å². The van der Waals surface area contributed by atoms with Gasteiger partial charge in [0.2, 0.25) is 0 Å². The van der Waals surface area contributed by atoms with Crippen LogP contribution >= 0.6 is 15.9 Å². The van der Waals surface area contributed by atoms with Gasteiger partial charge in [0, 0.05) is 5.56 Å². The van der Waals surface area contributed by atoms with E-state index in [0.717, 1.165) is 0 Å². The van der Waals surface area contributed by atoms with Crippen molar-refractivity contribution in [2.45, 2.75) is 6.10 Å². The highest BCUT2D eigenvalue weighted by molar-refractivity contribution is 9.10. The summed E-state index contributed by atoms with van der Waals surface area (Å²) in [5, 5.41) is 9.14. The minimum absolute atomic E-state index is 0.117. The minimum atomic E-state index is -1.18. The zero-order valence-corrected chi connectivity index (χ0v) is 7.68. The summed E-state index contributed by atoms with van der Waals surface area (Å²) in [7, 11) is 0. The molecule has 1 rings (SSSR count). The lowest BCUT2D eigenvalue weighted by Crippen LogP contribution is -1.97. The molecular formula is C9H6BrFO. The van der Waals surface area contributed by atoms with E-state index in [1.54, 1.807) is 12.1 Å². The number of rotatable bonds is 1. The Labute approximate surface area is 78.4 Å². The summed E-state index contributed by atoms with van der Waals surface area (Å²) in [6, 6.07) is 4.61. The third-order valence-corrected chi connectivity index (χ3v) is 2.05. The van der Waals surface area contributed by atoms with Crippen LogP contribution in [0.25, 0.3) is 0 Å². The second-order valence-electron chi connectivity index (χ2n) is 2.21. The molecule has 0 aromatic heterocycles. The first-order valence-electron chi connectivity index (χ1n) is 3.25. The van der Waals surface area contributed by atoms with Crippen LogP contribution in [0.5, 0.6) is 0 Å². The quantitative estimate of drug-likeness (QED) is 0.732. The number of aliphatic hydroxyl groups is 1. The van der Waals surface area contributed by atoms with Gasteiger partial charge < -0.3 is 5.11 Å². The molecule has 1 aromatic rings. The summed E-state index contributed by atoms with van der Waals surface area (Å²) in [5.74, 6) is 1.53. The maximum Gasteiger partial charge on any atom is 0.144 e. The third kappa shape index (κ3) is 1.66. The summed E-state index contributed by atoms with van der Waals surface area (Å²) in [6.07, 6.45) is 3.76. The van der Waals surface area contributed by atoms with Crippen LogP contribution in [0.1, 0.15) is 11.7 Å². The van der Waals surface area contributed by atoms with Crippen molar-refractivity contribution >= 4 is 15.9 Å². The first kappa shape index (κ1) is 9.24. The third-order valence-electron chi connectivity index (χ3n) is 1.43. The molecule has 0 aliphatic heterocycles. The number of halogens is 2. The molecule has 3 heteroatoms. The first-order chi connectivity index (χ1) is 5.66. The molecule has 1 aromatic carbocycles. The van der Waals surface area contributed by atoms with E-state index < -0.39 is 11.9 Å². The van der Waals surface area contributed by atoms with Crippen LogP contribution in [0, 0.1) is 18.2 Å². The van der Waals surface area contributed by atoms with Crippen LogP contribution < -0.4 is 0 Å². The van der Waals surface area contributed by atoms with E-state index in [0.29, 0.717) is 4.47 Å². The zero-order chi connectivity index (χ0) is 9.14. The highest BCUT2D eigenvalue weighted by atomic mass is 79.9. The van der Waals surface area contributed by atoms with Crippen LogP contribution in [-0.4, -0.2) is 5.11 Å². The van der Waals surface area contributed by atoms with Gasteiger partial charge in [0.25, 0.3) is 0 Å². The number of benzene rings is 1. The van der Waals surface area contributed by atoms with Crippen LogP contribution in [0.15, 0.2) is 22.7 Å². The highest BCUT2D eigenvalue weighted by Crippen LogP contribution is 2.22. The summed E-state index contributed by atoms with van der Waals surface area (Å²) in [4.78, 5) is 0. The molecule has 1 nitrogen and oxygen atoms in total. The largest absolute Gasteiger partial charge is 0.376 e. The Morgan fingerprint density at radius 3 is 2.83 bits per heavy atom. The number of hydrogen-bond donors (Lipinski definition) is 1. The molecule has 0 bridgehead atoms. The van der Waals surface area contributed by atoms with E-state index in [4.69, 9.17) is 11.5 Å². The molecule has 0 amide bonds. The maximum atomic E-state index is 13.1. The lowest BCUT2D eigenvalue weighted by Gasteiger charge is -2.05. The van der Waals surface area contributed by atoms with Gasteiger partial charge in [-0.1, -0.05) is 18.1 Å². The lowest BCUT2D eigenvalue weighted by atomic mass is 10.1. The Hall–Kier alpha value is -0.850. The van der Waals surface area contributed by atoms with Gasteiger partial charge >= 0.3 is 0 Å². The molecule has 1 atom stereocenters. The summed E-state index contributed by atoms with van der Waals surface area (Å²) in [6.45, 7) is 0. The number of terminal acetylenes is 1. The molecule has 0 aliphatic rings. The molecule has 0 saturated heterocycles. The normalized spacial score (nSPS) is 12.2. The van der Waals surface area contributed by atoms with Crippen LogP contribution in [0.4, 0.5) is 4.39 Å². The van der Waals surface area contributed by atoms with E-state index in [2.05, 4.69) is 15.9 Å². The molecule has 0 saturated carbocycles. The number of hydrogen-bond acceptors (Lipinski definition) is 1. The van der Waals surface area contributed by atoms with Crippen molar-refractivity contribution in [3.63, 3.8) is 0 Å². The van der Waals surface area contributed by atoms with Crippen molar-refractivity contribution in [3.05, 3.63) is 34.1 Å². The summed E-state index contributed by atoms with van der Waals surface area (Å²) >= 11 is 2.99. The smallest absolute Gasteiger partial charge is 0.144 e. The van der Waals surface area contributed by atoms with E-state index in [1.807, 2.05) is 5.92 Å². The molecule has 0 radical (unpaired) electrons. The monoisotopic (exact) mass is 228 g/mol. The molecule has 62 valence electrons.